The first kappa shape index (κ1) is 10.4. The number of rotatable bonds is 1. The van der Waals surface area contributed by atoms with Crippen molar-refractivity contribution in [3.05, 3.63) is 53.6 Å². The fourth-order valence-electron chi connectivity index (χ4n) is 2.48. The number of nitrogens with one attached hydrogen (secondary N) is 1. The Morgan fingerprint density at radius 1 is 1.00 bits per heavy atom. The summed E-state index contributed by atoms with van der Waals surface area (Å²) in [5.74, 6) is 0. The van der Waals surface area contributed by atoms with E-state index >= 15 is 0 Å². The van der Waals surface area contributed by atoms with Gasteiger partial charge in [-0.2, -0.15) is 0 Å². The molecule has 1 heteroatoms. The van der Waals surface area contributed by atoms with Crippen molar-refractivity contribution in [1.29, 1.82) is 0 Å². The summed E-state index contributed by atoms with van der Waals surface area (Å²) in [4.78, 5) is 0. The van der Waals surface area contributed by atoms with Crippen molar-refractivity contribution in [2.75, 3.05) is 11.9 Å². The highest BCUT2D eigenvalue weighted by atomic mass is 14.9. The van der Waals surface area contributed by atoms with E-state index in [1.807, 2.05) is 0 Å². The van der Waals surface area contributed by atoms with Crippen LogP contribution >= 0.6 is 0 Å². The zero-order valence-corrected chi connectivity index (χ0v) is 10.2. The minimum Gasteiger partial charge on any atom is -0.385 e. The van der Waals surface area contributed by atoms with Crippen LogP contribution in [0.15, 0.2) is 42.5 Å². The second-order valence-corrected chi connectivity index (χ2v) is 4.77. The number of aryl methyl sites for hydroxylation is 2. The van der Waals surface area contributed by atoms with Gasteiger partial charge in [0.1, 0.15) is 0 Å². The Morgan fingerprint density at radius 3 is 2.76 bits per heavy atom. The van der Waals surface area contributed by atoms with E-state index < -0.39 is 0 Å². The second kappa shape index (κ2) is 4.25. The predicted molar refractivity (Wildman–Crippen MR) is 73.4 cm³/mol. The zero-order chi connectivity index (χ0) is 11.7. The number of benzene rings is 2. The van der Waals surface area contributed by atoms with Gasteiger partial charge in [0.25, 0.3) is 0 Å². The maximum absolute atomic E-state index is 3.45. The largest absolute Gasteiger partial charge is 0.385 e. The molecular weight excluding hydrogens is 206 g/mol. The molecule has 0 spiro atoms. The molecule has 3 rings (SSSR count). The fourth-order valence-corrected chi connectivity index (χ4v) is 2.48. The SMILES string of the molecule is Cc1cccc(-c2ccc3c(c2)CCCN3)c1. The van der Waals surface area contributed by atoms with Crippen LogP contribution in [0.4, 0.5) is 5.69 Å². The standard InChI is InChI=1S/C16H17N/c1-12-4-2-5-13(10-12)14-7-8-16-15(11-14)6-3-9-17-16/h2,4-5,7-8,10-11,17H,3,6,9H2,1H3. The van der Waals surface area contributed by atoms with Crippen molar-refractivity contribution in [2.24, 2.45) is 0 Å². The van der Waals surface area contributed by atoms with Crippen LogP contribution in [-0.2, 0) is 6.42 Å². The van der Waals surface area contributed by atoms with E-state index in [1.54, 1.807) is 0 Å². The molecule has 86 valence electrons. The van der Waals surface area contributed by atoms with Crippen LogP contribution in [0, 0.1) is 6.92 Å². The minimum absolute atomic E-state index is 1.11. The highest BCUT2D eigenvalue weighted by molar-refractivity contribution is 5.69. The van der Waals surface area contributed by atoms with Crippen LogP contribution < -0.4 is 5.32 Å². The molecule has 1 aliphatic rings. The molecule has 2 aromatic rings. The lowest BCUT2D eigenvalue weighted by Gasteiger charge is -2.18. The molecule has 0 atom stereocenters. The van der Waals surface area contributed by atoms with E-state index in [0.717, 1.165) is 6.54 Å². The van der Waals surface area contributed by atoms with Crippen molar-refractivity contribution >= 4 is 5.69 Å². The molecule has 0 fully saturated rings. The molecule has 0 unspecified atom stereocenters. The van der Waals surface area contributed by atoms with Gasteiger partial charge in [0, 0.05) is 12.2 Å². The van der Waals surface area contributed by atoms with Gasteiger partial charge in [-0.05, 0) is 48.6 Å². The molecule has 1 heterocycles. The number of hydrogen-bond donors (Lipinski definition) is 1. The summed E-state index contributed by atoms with van der Waals surface area (Å²) in [7, 11) is 0. The third kappa shape index (κ3) is 2.05. The van der Waals surface area contributed by atoms with E-state index in [4.69, 9.17) is 0 Å². The molecular formula is C16H17N. The van der Waals surface area contributed by atoms with Crippen LogP contribution in [0.1, 0.15) is 17.5 Å². The number of anilines is 1. The lowest BCUT2D eigenvalue weighted by atomic mass is 9.96. The van der Waals surface area contributed by atoms with Gasteiger partial charge < -0.3 is 5.32 Å². The molecule has 0 bridgehead atoms. The summed E-state index contributed by atoms with van der Waals surface area (Å²) < 4.78 is 0. The van der Waals surface area contributed by atoms with E-state index in [1.165, 1.54) is 40.8 Å². The molecule has 0 amide bonds. The van der Waals surface area contributed by atoms with Crippen LogP contribution in [0.5, 0.6) is 0 Å². The summed E-state index contributed by atoms with van der Waals surface area (Å²) in [5.41, 5.74) is 6.73. The quantitative estimate of drug-likeness (QED) is 0.770. The average molecular weight is 223 g/mol. The van der Waals surface area contributed by atoms with Crippen LogP contribution in [-0.4, -0.2) is 6.54 Å². The third-order valence-corrected chi connectivity index (χ3v) is 3.39. The van der Waals surface area contributed by atoms with Gasteiger partial charge in [-0.3, -0.25) is 0 Å². The Morgan fingerprint density at radius 2 is 1.88 bits per heavy atom. The van der Waals surface area contributed by atoms with Gasteiger partial charge in [0.05, 0.1) is 0 Å². The average Bonchev–Trinajstić information content (AvgIpc) is 2.38. The van der Waals surface area contributed by atoms with Crippen LogP contribution in [0.2, 0.25) is 0 Å². The molecule has 0 saturated carbocycles. The number of fused-ring (bicyclic) bond motifs is 1. The Balaban J connectivity index is 2.04. The molecule has 0 radical (unpaired) electrons. The third-order valence-electron chi connectivity index (χ3n) is 3.39. The molecule has 0 aliphatic carbocycles. The predicted octanol–water partition coefficient (Wildman–Crippen LogP) is 4.02. The molecule has 17 heavy (non-hydrogen) atoms. The zero-order valence-electron chi connectivity index (χ0n) is 10.2. The van der Waals surface area contributed by atoms with Crippen molar-refractivity contribution < 1.29 is 0 Å². The van der Waals surface area contributed by atoms with E-state index in [-0.39, 0.29) is 0 Å². The highest BCUT2D eigenvalue weighted by Gasteiger charge is 2.09. The summed E-state index contributed by atoms with van der Waals surface area (Å²) in [6.07, 6.45) is 2.44. The van der Waals surface area contributed by atoms with Crippen molar-refractivity contribution in [1.82, 2.24) is 0 Å². The highest BCUT2D eigenvalue weighted by Crippen LogP contribution is 2.28. The van der Waals surface area contributed by atoms with Crippen LogP contribution in [0.25, 0.3) is 11.1 Å². The Bertz CT molecular complexity index is 543. The Labute approximate surface area is 102 Å². The smallest absolute Gasteiger partial charge is 0.0373 e. The summed E-state index contributed by atoms with van der Waals surface area (Å²) in [5, 5.41) is 3.45. The molecule has 0 aromatic heterocycles. The molecule has 1 aliphatic heterocycles. The van der Waals surface area contributed by atoms with Crippen molar-refractivity contribution in [2.45, 2.75) is 19.8 Å². The van der Waals surface area contributed by atoms with Gasteiger partial charge in [0.15, 0.2) is 0 Å². The van der Waals surface area contributed by atoms with E-state index in [0.29, 0.717) is 0 Å². The van der Waals surface area contributed by atoms with E-state index in [2.05, 4.69) is 54.7 Å². The van der Waals surface area contributed by atoms with Crippen molar-refractivity contribution in [3.63, 3.8) is 0 Å². The first-order valence-electron chi connectivity index (χ1n) is 6.27. The second-order valence-electron chi connectivity index (χ2n) is 4.77. The maximum atomic E-state index is 3.45. The van der Waals surface area contributed by atoms with Gasteiger partial charge >= 0.3 is 0 Å². The first-order valence-corrected chi connectivity index (χ1v) is 6.27. The van der Waals surface area contributed by atoms with Gasteiger partial charge in [-0.15, -0.1) is 0 Å². The Hall–Kier alpha value is -1.76. The number of hydrogen-bond acceptors (Lipinski definition) is 1. The summed E-state index contributed by atoms with van der Waals surface area (Å²) >= 11 is 0. The van der Waals surface area contributed by atoms with Crippen molar-refractivity contribution in [3.8, 4) is 11.1 Å². The van der Waals surface area contributed by atoms with Crippen LogP contribution in [0.3, 0.4) is 0 Å². The monoisotopic (exact) mass is 223 g/mol. The molecule has 2 aromatic carbocycles. The Kier molecular flexibility index (Phi) is 2.60. The summed E-state index contributed by atoms with van der Waals surface area (Å²) in [6, 6.07) is 15.5. The summed E-state index contributed by atoms with van der Waals surface area (Å²) in [6.45, 7) is 3.25. The topological polar surface area (TPSA) is 12.0 Å². The lowest BCUT2D eigenvalue weighted by Crippen LogP contribution is -2.11. The maximum Gasteiger partial charge on any atom is 0.0373 e. The fraction of sp³-hybridized carbons (Fsp3) is 0.250. The molecule has 0 saturated heterocycles. The lowest BCUT2D eigenvalue weighted by molar-refractivity contribution is 0.830. The van der Waals surface area contributed by atoms with Gasteiger partial charge in [-0.1, -0.05) is 35.9 Å². The van der Waals surface area contributed by atoms with Gasteiger partial charge in [-0.25, -0.2) is 0 Å². The minimum atomic E-state index is 1.11. The van der Waals surface area contributed by atoms with Gasteiger partial charge in [0.2, 0.25) is 0 Å². The first-order chi connectivity index (χ1) is 8.33. The van der Waals surface area contributed by atoms with E-state index in [9.17, 15) is 0 Å². The molecule has 1 N–H and O–H groups in total. The molecule has 1 nitrogen and oxygen atoms in total. The normalized spacial score (nSPS) is 13.9.